The fourth-order valence-electron chi connectivity index (χ4n) is 3.22. The van der Waals surface area contributed by atoms with E-state index in [-0.39, 0.29) is 6.61 Å². The van der Waals surface area contributed by atoms with E-state index >= 15 is 0 Å². The Morgan fingerprint density at radius 3 is 1.86 bits per heavy atom. The first-order chi connectivity index (χ1) is 16.8. The van der Waals surface area contributed by atoms with Crippen molar-refractivity contribution in [2.24, 2.45) is 0 Å². The molecule has 1 saturated heterocycles. The van der Waals surface area contributed by atoms with Gasteiger partial charge in [-0.25, -0.2) is 4.79 Å². The van der Waals surface area contributed by atoms with Crippen LogP contribution in [0.5, 0.6) is 0 Å². The van der Waals surface area contributed by atoms with Gasteiger partial charge in [-0.1, -0.05) is 0 Å². The van der Waals surface area contributed by atoms with Crippen molar-refractivity contribution in [1.29, 1.82) is 0 Å². The number of ether oxygens (including phenoxy) is 6. The number of nitrogens with one attached hydrogen (secondary N) is 1. The summed E-state index contributed by atoms with van der Waals surface area (Å²) < 4.78 is 30.7. The Morgan fingerprint density at radius 2 is 1.39 bits per heavy atom. The summed E-state index contributed by atoms with van der Waals surface area (Å²) in [6, 6.07) is -2.05. The molecule has 1 heterocycles. The first-order valence-electron chi connectivity index (χ1n) is 10.7. The third-order valence-electron chi connectivity index (χ3n) is 4.49. The fraction of sp³-hybridized carbons (Fsp3) is 0.700. The summed E-state index contributed by atoms with van der Waals surface area (Å²) in [7, 11) is 0. The zero-order chi connectivity index (χ0) is 27.6. The summed E-state index contributed by atoms with van der Waals surface area (Å²) >= 11 is 0. The van der Waals surface area contributed by atoms with Gasteiger partial charge >= 0.3 is 35.9 Å². The Kier molecular flexibility index (Phi) is 11.7. The normalized spacial score (nSPS) is 23.9. The van der Waals surface area contributed by atoms with Gasteiger partial charge in [-0.15, -0.1) is 0 Å². The summed E-state index contributed by atoms with van der Waals surface area (Å²) in [6.07, 6.45) is -8.55. The number of nitro groups is 1. The Hall–Kier alpha value is -3.82. The maximum absolute atomic E-state index is 12.6. The van der Waals surface area contributed by atoms with E-state index in [1.165, 1.54) is 6.92 Å². The Bertz CT molecular complexity index is 874. The van der Waals surface area contributed by atoms with Crippen LogP contribution in [0.1, 0.15) is 41.0 Å². The number of carbonyl (C=O) groups is 6. The molecule has 0 aromatic heterocycles. The van der Waals surface area contributed by atoms with Crippen LogP contribution in [0.15, 0.2) is 0 Å². The van der Waals surface area contributed by atoms with E-state index in [1.54, 1.807) is 0 Å². The monoisotopic (exact) mass is 520 g/mol. The number of carbonyl (C=O) groups excluding carboxylic acids is 6. The second-order valence-electron chi connectivity index (χ2n) is 7.44. The highest BCUT2D eigenvalue weighted by atomic mass is 16.7. The van der Waals surface area contributed by atoms with Gasteiger partial charge in [-0.05, 0) is 6.92 Å². The minimum atomic E-state index is -2.05. The predicted octanol–water partition coefficient (Wildman–Crippen LogP) is -1.22. The van der Waals surface area contributed by atoms with Crippen LogP contribution in [0.4, 0.5) is 0 Å². The van der Waals surface area contributed by atoms with Crippen LogP contribution in [-0.4, -0.2) is 90.6 Å². The zero-order valence-corrected chi connectivity index (χ0v) is 20.2. The molecule has 6 atom stereocenters. The summed E-state index contributed by atoms with van der Waals surface area (Å²) in [6.45, 7) is 4.86. The van der Waals surface area contributed by atoms with E-state index in [0.29, 0.717) is 0 Å². The molecule has 36 heavy (non-hydrogen) atoms. The Morgan fingerprint density at radius 1 is 0.861 bits per heavy atom. The van der Waals surface area contributed by atoms with Crippen molar-refractivity contribution >= 4 is 35.8 Å². The quantitative estimate of drug-likeness (QED) is 0.146. The van der Waals surface area contributed by atoms with Crippen molar-refractivity contribution in [3.63, 3.8) is 0 Å². The summed E-state index contributed by atoms with van der Waals surface area (Å²) in [5, 5.41) is 13.5. The lowest BCUT2D eigenvalue weighted by Gasteiger charge is -2.44. The molecule has 1 N–H and O–H groups in total. The van der Waals surface area contributed by atoms with Crippen molar-refractivity contribution in [1.82, 2.24) is 5.32 Å². The lowest BCUT2D eigenvalue weighted by molar-refractivity contribution is -0.509. The van der Waals surface area contributed by atoms with Crippen molar-refractivity contribution in [2.45, 2.75) is 77.7 Å². The van der Waals surface area contributed by atoms with E-state index in [0.717, 1.165) is 27.7 Å². The number of hydrogen-bond donors (Lipinski definition) is 1. The molecular formula is C20H28N2O14. The summed E-state index contributed by atoms with van der Waals surface area (Å²) in [5.41, 5.74) is 0. The average Bonchev–Trinajstić information content (AvgIpc) is 2.73. The van der Waals surface area contributed by atoms with Gasteiger partial charge in [-0.3, -0.25) is 34.1 Å². The molecule has 0 aliphatic carbocycles. The van der Waals surface area contributed by atoms with Crippen LogP contribution in [0, 0.1) is 10.1 Å². The standard InChI is InChI=1S/C20H28N2O14/c1-6-31-20(28)13(22(29)30)7-15(27)21-19-18(35-12(5)26)17(34-11(4)25)16(33-10(3)24)14(36-19)8-32-9(2)23/h13-14,16-19H,6-8H2,1-5H3,(H,21,27)/t13?,14-,16-,17+,18-,19-/m1/s1. The van der Waals surface area contributed by atoms with E-state index in [1.807, 2.05) is 0 Å². The van der Waals surface area contributed by atoms with E-state index < -0.39 is 90.4 Å². The van der Waals surface area contributed by atoms with Crippen LogP contribution in [0.25, 0.3) is 0 Å². The fourth-order valence-corrected chi connectivity index (χ4v) is 3.22. The maximum Gasteiger partial charge on any atom is 0.382 e. The van der Waals surface area contributed by atoms with E-state index in [4.69, 9.17) is 23.7 Å². The van der Waals surface area contributed by atoms with Gasteiger partial charge in [0.15, 0.2) is 24.5 Å². The minimum absolute atomic E-state index is 0.162. The second kappa shape index (κ2) is 13.9. The van der Waals surface area contributed by atoms with Crippen LogP contribution in [0.2, 0.25) is 0 Å². The van der Waals surface area contributed by atoms with Crippen molar-refractivity contribution in [3.8, 4) is 0 Å². The van der Waals surface area contributed by atoms with Gasteiger partial charge in [0.2, 0.25) is 5.91 Å². The average molecular weight is 520 g/mol. The van der Waals surface area contributed by atoms with Gasteiger partial charge in [0.05, 0.1) is 6.61 Å². The molecule has 0 radical (unpaired) electrons. The number of esters is 5. The van der Waals surface area contributed by atoms with E-state index in [2.05, 4.69) is 10.1 Å². The van der Waals surface area contributed by atoms with Crippen molar-refractivity contribution in [2.75, 3.05) is 13.2 Å². The molecule has 16 nitrogen and oxygen atoms in total. The molecule has 0 bridgehead atoms. The Labute approximate surface area is 205 Å². The van der Waals surface area contributed by atoms with E-state index in [9.17, 15) is 38.9 Å². The third-order valence-corrected chi connectivity index (χ3v) is 4.49. The van der Waals surface area contributed by atoms with Gasteiger partial charge in [0.25, 0.3) is 0 Å². The molecule has 1 amide bonds. The highest BCUT2D eigenvalue weighted by molar-refractivity contribution is 5.84. The molecule has 1 aliphatic rings. The molecule has 0 spiro atoms. The molecule has 1 aliphatic heterocycles. The lowest BCUT2D eigenvalue weighted by Crippen LogP contribution is -2.66. The summed E-state index contributed by atoms with van der Waals surface area (Å²) in [5.74, 6) is -5.72. The molecule has 0 saturated carbocycles. The van der Waals surface area contributed by atoms with Crippen molar-refractivity contribution < 1.29 is 62.1 Å². The number of amides is 1. The Balaban J connectivity index is 3.33. The van der Waals surface area contributed by atoms with Crippen LogP contribution >= 0.6 is 0 Å². The largest absolute Gasteiger partial charge is 0.463 e. The van der Waals surface area contributed by atoms with Crippen LogP contribution in [0.3, 0.4) is 0 Å². The van der Waals surface area contributed by atoms with Gasteiger partial charge in [-0.2, -0.15) is 0 Å². The molecule has 1 fully saturated rings. The smallest absolute Gasteiger partial charge is 0.382 e. The predicted molar refractivity (Wildman–Crippen MR) is 112 cm³/mol. The molecule has 0 aromatic carbocycles. The van der Waals surface area contributed by atoms with Gasteiger partial charge in [0.1, 0.15) is 19.1 Å². The number of rotatable bonds is 11. The van der Waals surface area contributed by atoms with Crippen molar-refractivity contribution in [3.05, 3.63) is 10.1 Å². The maximum atomic E-state index is 12.6. The summed E-state index contributed by atoms with van der Waals surface area (Å²) in [4.78, 5) is 81.3. The SMILES string of the molecule is CCOC(=O)C(CC(=O)N[C@@H]1O[C@H](COC(C)=O)[C@@H](OC(C)=O)[C@H](OC(C)=O)[C@H]1OC(C)=O)[N+](=O)[O-]. The van der Waals surface area contributed by atoms with Gasteiger partial charge < -0.3 is 33.7 Å². The molecule has 1 unspecified atom stereocenters. The highest BCUT2D eigenvalue weighted by Gasteiger charge is 2.53. The number of nitrogens with zero attached hydrogens (tertiary/aromatic N) is 1. The second-order valence-corrected chi connectivity index (χ2v) is 7.44. The molecule has 0 aromatic rings. The van der Waals surface area contributed by atoms with Crippen LogP contribution in [-0.2, 0) is 57.2 Å². The topological polar surface area (TPSA) is 213 Å². The van der Waals surface area contributed by atoms with Gasteiger partial charge in [0, 0.05) is 32.6 Å². The zero-order valence-electron chi connectivity index (χ0n) is 20.2. The molecule has 16 heteroatoms. The molecule has 202 valence electrons. The lowest BCUT2D eigenvalue weighted by atomic mass is 9.97. The third kappa shape index (κ3) is 9.44. The molecule has 1 rings (SSSR count). The highest BCUT2D eigenvalue weighted by Crippen LogP contribution is 2.28. The minimum Gasteiger partial charge on any atom is -0.463 e. The first-order valence-corrected chi connectivity index (χ1v) is 10.7. The number of hydrogen-bond acceptors (Lipinski definition) is 14. The molecular weight excluding hydrogens is 492 g/mol. The first kappa shape index (κ1) is 30.2. The van der Waals surface area contributed by atoms with Crippen LogP contribution < -0.4 is 5.32 Å².